The summed E-state index contributed by atoms with van der Waals surface area (Å²) in [5.41, 5.74) is -1.63. The summed E-state index contributed by atoms with van der Waals surface area (Å²) in [5, 5.41) is 10.1. The van der Waals surface area contributed by atoms with Crippen LogP contribution in [0.25, 0.3) is 0 Å². The van der Waals surface area contributed by atoms with E-state index in [-0.39, 0.29) is 24.5 Å². The first-order valence-electron chi connectivity index (χ1n) is 10.7. The Morgan fingerprint density at radius 3 is 2.12 bits per heavy atom. The van der Waals surface area contributed by atoms with Crippen molar-refractivity contribution in [3.05, 3.63) is 12.1 Å². The number of rotatable bonds is 18. The van der Waals surface area contributed by atoms with Crippen LogP contribution in [0.2, 0.25) is 0 Å². The first-order valence-corrected chi connectivity index (χ1v) is 16.7. The van der Waals surface area contributed by atoms with Crippen molar-refractivity contribution in [1.82, 2.24) is 20.3 Å². The molecule has 40 heavy (non-hydrogen) atoms. The summed E-state index contributed by atoms with van der Waals surface area (Å²) in [7, 11) is -6.75. The zero-order valence-electron chi connectivity index (χ0n) is 22.9. The number of ether oxygens (including phenoxy) is 2. The van der Waals surface area contributed by atoms with Crippen molar-refractivity contribution < 1.29 is 59.7 Å². The third-order valence-corrected chi connectivity index (χ3v) is 10.7. The van der Waals surface area contributed by atoms with Crippen LogP contribution in [0.4, 0.5) is 0 Å². The van der Waals surface area contributed by atoms with Gasteiger partial charge in [0.1, 0.15) is 0 Å². The van der Waals surface area contributed by atoms with E-state index in [1.807, 2.05) is 0 Å². The zero-order chi connectivity index (χ0) is 30.6. The van der Waals surface area contributed by atoms with Crippen LogP contribution in [0.5, 0.6) is 6.01 Å². The Bertz CT molecular complexity index is 1180. The molecule has 0 saturated heterocycles. The first kappa shape index (κ1) is 36.2. The number of hydrogen-bond donors (Lipinski definition) is 2. The molecule has 2 N–H and O–H groups in total. The summed E-state index contributed by atoms with van der Waals surface area (Å²) in [6.07, 6.45) is 1.05. The Morgan fingerprint density at radius 2 is 1.62 bits per heavy atom. The topological polar surface area (TPSA) is 244 Å². The van der Waals surface area contributed by atoms with E-state index in [0.717, 1.165) is 56.0 Å². The van der Waals surface area contributed by atoms with Gasteiger partial charge in [0.05, 0.1) is 7.11 Å². The summed E-state index contributed by atoms with van der Waals surface area (Å²) in [6.45, 7) is 0.794. The number of nitrogens with one attached hydrogen (secondary N) is 2. The molecule has 0 radical (unpaired) electrons. The van der Waals surface area contributed by atoms with Gasteiger partial charge in [-0.05, 0) is 4.57 Å². The monoisotopic (exact) mass is 652 g/mol. The van der Waals surface area contributed by atoms with Gasteiger partial charge in [-0.2, -0.15) is 0 Å². The molecule has 0 aliphatic rings. The molecule has 228 valence electrons. The molecule has 0 fully saturated rings. The van der Waals surface area contributed by atoms with Gasteiger partial charge in [0.15, 0.2) is 0 Å². The summed E-state index contributed by atoms with van der Waals surface area (Å²) in [6, 6.07) is -0.453. The van der Waals surface area contributed by atoms with Gasteiger partial charge in [-0.15, -0.1) is 4.52 Å². The van der Waals surface area contributed by atoms with E-state index in [1.54, 1.807) is 0 Å². The van der Waals surface area contributed by atoms with Crippen LogP contribution in [-0.2, 0) is 50.1 Å². The summed E-state index contributed by atoms with van der Waals surface area (Å²) < 4.78 is 82.0. The second-order valence-electron chi connectivity index (χ2n) is 6.70. The molecule has 1 heterocycles. The second kappa shape index (κ2) is 16.6. The maximum atomic E-state index is 12.9. The Morgan fingerprint density at radius 1 is 1.02 bits per heavy atom. The predicted octanol–water partition coefficient (Wildman–Crippen LogP) is 0.768. The average Bonchev–Trinajstić information content (AvgIpc) is 2.99. The molecule has 0 amide bonds. The molecule has 0 aromatic carbocycles. The molecule has 1 atom stereocenters. The van der Waals surface area contributed by atoms with Gasteiger partial charge >= 0.3 is 201 Å². The molecular formula is C17H32N6O13P4. The fourth-order valence-corrected chi connectivity index (χ4v) is 5.65. The third-order valence-electron chi connectivity index (χ3n) is 4.53. The van der Waals surface area contributed by atoms with Gasteiger partial charge in [-0.1, -0.05) is 0 Å². The van der Waals surface area contributed by atoms with E-state index >= 15 is 0 Å². The van der Waals surface area contributed by atoms with E-state index in [0.29, 0.717) is 0 Å². The molecule has 0 bridgehead atoms. The van der Waals surface area contributed by atoms with E-state index in [9.17, 15) is 18.6 Å². The van der Waals surface area contributed by atoms with Crippen molar-refractivity contribution in [2.45, 2.75) is 6.92 Å². The van der Waals surface area contributed by atoms with Gasteiger partial charge in [0, 0.05) is 14.2 Å². The van der Waals surface area contributed by atoms with Crippen LogP contribution in [0.1, 0.15) is 6.92 Å². The number of hydrogen-bond acceptors (Lipinski definition) is 18. The second-order valence-corrected chi connectivity index (χ2v) is 14.9. The normalized spacial score (nSPS) is 14.1. The maximum absolute atomic E-state index is 12.9. The Balaban J connectivity index is 3.24. The van der Waals surface area contributed by atoms with Crippen molar-refractivity contribution >= 4 is 53.3 Å². The van der Waals surface area contributed by atoms with Gasteiger partial charge < -0.3 is 0 Å². The van der Waals surface area contributed by atoms with Crippen molar-refractivity contribution in [2.75, 3.05) is 63.0 Å². The molecule has 1 rings (SSSR count). The van der Waals surface area contributed by atoms with Gasteiger partial charge in [0.25, 0.3) is 0 Å². The minimum absolute atomic E-state index is 0.105. The van der Waals surface area contributed by atoms with Crippen molar-refractivity contribution in [3.8, 4) is 6.01 Å². The van der Waals surface area contributed by atoms with Gasteiger partial charge in [-0.3, -0.25) is 0 Å². The molecule has 23 heteroatoms. The Hall–Kier alpha value is -1.84. The van der Waals surface area contributed by atoms with Crippen LogP contribution >= 0.6 is 31.2 Å². The SMILES string of the molecule is CO[P+](=O)C(=N)N/C=C(\N=C(/C)P(=O)(OC)OC)OCCOc1nc(P(=O)(OC)OC)nc([PH]([O-])(OC)OC)n1. The third kappa shape index (κ3) is 9.62. The summed E-state index contributed by atoms with van der Waals surface area (Å²) in [5.74, 6) is -0.246. The molecule has 0 spiro atoms. The van der Waals surface area contributed by atoms with Gasteiger partial charge in [0.2, 0.25) is 0 Å². The van der Waals surface area contributed by atoms with Gasteiger partial charge in [-0.25, -0.2) is 0 Å². The number of nitrogens with zero attached hydrogens (tertiary/aromatic N) is 4. The first-order chi connectivity index (χ1) is 18.8. The summed E-state index contributed by atoms with van der Waals surface area (Å²) in [4.78, 5) is 28.6. The molecule has 0 aliphatic heterocycles. The fourth-order valence-electron chi connectivity index (χ4n) is 2.39. The average molecular weight is 652 g/mol. The van der Waals surface area contributed by atoms with Crippen molar-refractivity contribution in [2.24, 2.45) is 4.99 Å². The van der Waals surface area contributed by atoms with Crippen LogP contribution < -0.4 is 26.1 Å². The van der Waals surface area contributed by atoms with Crippen molar-refractivity contribution in [3.63, 3.8) is 0 Å². The standard InChI is InChI=1S/C17H32N6O13P4/c1-12(38(25,29-3)30-4)20-13(11-19-14(18)37(24)28-2)35-9-10-36-15-21-16(39(26,31-5)32-6)23-17(22-15)40(27,33-7)34-8/h11,39H,9-10H2,1-8H3,(H2,18,19)/b13-11+,20-12+. The minimum atomic E-state index is -4.38. The summed E-state index contributed by atoms with van der Waals surface area (Å²) >= 11 is 0. The molecule has 0 aliphatic carbocycles. The van der Waals surface area contributed by atoms with Crippen LogP contribution in [0.3, 0.4) is 0 Å². The fraction of sp³-hybridized carbons (Fsp3) is 0.588. The molecular weight excluding hydrogens is 620 g/mol. The van der Waals surface area contributed by atoms with E-state index in [1.165, 1.54) is 6.92 Å². The molecule has 19 nitrogen and oxygen atoms in total. The molecule has 1 unspecified atom stereocenters. The van der Waals surface area contributed by atoms with Crippen LogP contribution in [0, 0.1) is 5.41 Å². The van der Waals surface area contributed by atoms with Crippen LogP contribution in [-0.4, -0.2) is 89.0 Å². The van der Waals surface area contributed by atoms with E-state index in [4.69, 9.17) is 42.0 Å². The predicted molar refractivity (Wildman–Crippen MR) is 143 cm³/mol. The Labute approximate surface area is 232 Å². The molecule has 1 aromatic heterocycles. The van der Waals surface area contributed by atoms with E-state index in [2.05, 4.69) is 29.8 Å². The molecule has 1 aromatic rings. The van der Waals surface area contributed by atoms with Crippen molar-refractivity contribution in [1.29, 1.82) is 5.41 Å². The zero-order valence-corrected chi connectivity index (χ0v) is 26.6. The number of amidine groups is 1. The van der Waals surface area contributed by atoms with E-state index < -0.39 is 53.9 Å². The number of aromatic nitrogens is 3. The quantitative estimate of drug-likeness (QED) is 0.0731. The number of aliphatic imine (C=N–C) groups is 1. The van der Waals surface area contributed by atoms with Crippen LogP contribution in [0.15, 0.2) is 17.1 Å². The Kier molecular flexibility index (Phi) is 15.0. The molecule has 0 saturated carbocycles.